The Labute approximate surface area is 122 Å². The Kier molecular flexibility index (Phi) is 4.88. The fourth-order valence-corrected chi connectivity index (χ4v) is 1.98. The number of thiol groups is 1. The summed E-state index contributed by atoms with van der Waals surface area (Å²) >= 11 is 10.0. The Hall–Kier alpha value is -1.45. The fraction of sp³-hybridized carbons (Fsp3) is 0.133. The predicted octanol–water partition coefficient (Wildman–Crippen LogP) is 3.91. The van der Waals surface area contributed by atoms with Gasteiger partial charge in [0, 0.05) is 9.92 Å². The lowest BCUT2D eigenvalue weighted by Crippen LogP contribution is -2.07. The molecule has 0 radical (unpaired) electrons. The van der Waals surface area contributed by atoms with Crippen molar-refractivity contribution in [1.82, 2.24) is 0 Å². The molecular weight excluding hydrogens is 280 g/mol. The lowest BCUT2D eigenvalue weighted by Gasteiger charge is -2.05. The molecular formula is C15H13ClO2S. The second kappa shape index (κ2) is 6.64. The van der Waals surface area contributed by atoms with Gasteiger partial charge in [0.1, 0.15) is 6.61 Å². The molecule has 0 aliphatic carbocycles. The summed E-state index contributed by atoms with van der Waals surface area (Å²) in [6, 6.07) is 14.7. The van der Waals surface area contributed by atoms with Gasteiger partial charge in [-0.3, -0.25) is 4.79 Å². The summed E-state index contributed by atoms with van der Waals surface area (Å²) in [6.45, 7) is 0.240. The molecule has 2 aromatic carbocycles. The van der Waals surface area contributed by atoms with E-state index < -0.39 is 0 Å². The zero-order chi connectivity index (χ0) is 13.7. The van der Waals surface area contributed by atoms with Crippen LogP contribution in [0.2, 0.25) is 5.02 Å². The van der Waals surface area contributed by atoms with Crippen molar-refractivity contribution in [2.24, 2.45) is 0 Å². The van der Waals surface area contributed by atoms with E-state index in [0.29, 0.717) is 5.02 Å². The molecule has 2 rings (SSSR count). The summed E-state index contributed by atoms with van der Waals surface area (Å²) in [5, 5.41) is 0.637. The zero-order valence-corrected chi connectivity index (χ0v) is 11.8. The largest absolute Gasteiger partial charge is 0.461 e. The second-order valence-corrected chi connectivity index (χ2v) is 5.09. The van der Waals surface area contributed by atoms with Crippen molar-refractivity contribution in [3.63, 3.8) is 0 Å². The number of carbonyl (C=O) groups excluding carboxylic acids is 1. The number of ether oxygens (including phenoxy) is 1. The van der Waals surface area contributed by atoms with Crippen molar-refractivity contribution in [2.75, 3.05) is 0 Å². The Morgan fingerprint density at radius 1 is 1.11 bits per heavy atom. The third-order valence-corrected chi connectivity index (χ3v) is 3.11. The standard InChI is InChI=1S/C15H13ClO2S/c16-13-3-1-2-12(8-13)10-18-15(17)9-11-4-6-14(19)7-5-11/h1-8,19H,9-10H2. The second-order valence-electron chi connectivity index (χ2n) is 4.13. The summed E-state index contributed by atoms with van der Waals surface area (Å²) in [6.07, 6.45) is 0.259. The molecule has 0 heterocycles. The van der Waals surface area contributed by atoms with Crippen LogP contribution in [0.4, 0.5) is 0 Å². The van der Waals surface area contributed by atoms with E-state index in [1.165, 1.54) is 0 Å². The third kappa shape index (κ3) is 4.62. The van der Waals surface area contributed by atoms with Crippen molar-refractivity contribution in [2.45, 2.75) is 17.9 Å². The Balaban J connectivity index is 1.86. The summed E-state index contributed by atoms with van der Waals surface area (Å²) < 4.78 is 5.20. The molecule has 98 valence electrons. The van der Waals surface area contributed by atoms with Crippen LogP contribution in [0, 0.1) is 0 Å². The van der Waals surface area contributed by atoms with Gasteiger partial charge in [0.05, 0.1) is 6.42 Å². The van der Waals surface area contributed by atoms with E-state index in [9.17, 15) is 4.79 Å². The van der Waals surface area contributed by atoms with Gasteiger partial charge in [-0.15, -0.1) is 12.6 Å². The highest BCUT2D eigenvalue weighted by Gasteiger charge is 2.05. The molecule has 0 saturated heterocycles. The van der Waals surface area contributed by atoms with Crippen LogP contribution in [0.15, 0.2) is 53.4 Å². The summed E-state index contributed by atoms with van der Waals surface area (Å²) in [4.78, 5) is 12.6. The number of halogens is 1. The van der Waals surface area contributed by atoms with Crippen molar-refractivity contribution in [3.05, 3.63) is 64.7 Å². The van der Waals surface area contributed by atoms with Crippen LogP contribution in [0.25, 0.3) is 0 Å². The van der Waals surface area contributed by atoms with Crippen LogP contribution in [-0.4, -0.2) is 5.97 Å². The van der Waals surface area contributed by atoms with E-state index in [1.807, 2.05) is 36.4 Å². The molecule has 0 atom stereocenters. The molecule has 0 unspecified atom stereocenters. The Morgan fingerprint density at radius 2 is 1.84 bits per heavy atom. The van der Waals surface area contributed by atoms with Gasteiger partial charge in [0.25, 0.3) is 0 Å². The highest BCUT2D eigenvalue weighted by Crippen LogP contribution is 2.12. The third-order valence-electron chi connectivity index (χ3n) is 2.57. The Morgan fingerprint density at radius 3 is 2.53 bits per heavy atom. The van der Waals surface area contributed by atoms with Crippen LogP contribution in [-0.2, 0) is 22.6 Å². The number of rotatable bonds is 4. The van der Waals surface area contributed by atoms with Crippen molar-refractivity contribution in [3.8, 4) is 0 Å². The molecule has 0 N–H and O–H groups in total. The average molecular weight is 293 g/mol. The fourth-order valence-electron chi connectivity index (χ4n) is 1.62. The molecule has 0 aliphatic heterocycles. The maximum Gasteiger partial charge on any atom is 0.310 e. The molecule has 0 fully saturated rings. The number of benzene rings is 2. The molecule has 19 heavy (non-hydrogen) atoms. The minimum atomic E-state index is -0.258. The molecule has 0 spiro atoms. The highest BCUT2D eigenvalue weighted by molar-refractivity contribution is 7.80. The molecule has 2 aromatic rings. The zero-order valence-electron chi connectivity index (χ0n) is 10.2. The van der Waals surface area contributed by atoms with Crippen molar-refractivity contribution < 1.29 is 9.53 Å². The summed E-state index contributed by atoms with van der Waals surface area (Å²) in [5.74, 6) is -0.258. The molecule has 4 heteroatoms. The normalized spacial score (nSPS) is 10.2. The van der Waals surface area contributed by atoms with Gasteiger partial charge in [0.2, 0.25) is 0 Å². The molecule has 2 nitrogen and oxygen atoms in total. The van der Waals surface area contributed by atoms with Crippen LogP contribution >= 0.6 is 24.2 Å². The first kappa shape index (κ1) is 14.0. The number of hydrogen-bond donors (Lipinski definition) is 1. The number of carbonyl (C=O) groups is 1. The summed E-state index contributed by atoms with van der Waals surface area (Å²) in [7, 11) is 0. The van der Waals surface area contributed by atoms with E-state index in [2.05, 4.69) is 12.6 Å². The smallest absolute Gasteiger partial charge is 0.310 e. The van der Waals surface area contributed by atoms with E-state index in [1.54, 1.807) is 12.1 Å². The van der Waals surface area contributed by atoms with Crippen LogP contribution in [0.1, 0.15) is 11.1 Å². The van der Waals surface area contributed by atoms with Gasteiger partial charge in [-0.1, -0.05) is 35.9 Å². The molecule has 0 saturated carbocycles. The summed E-state index contributed by atoms with van der Waals surface area (Å²) in [5.41, 5.74) is 1.79. The van der Waals surface area contributed by atoms with Gasteiger partial charge in [-0.2, -0.15) is 0 Å². The monoisotopic (exact) mass is 292 g/mol. The van der Waals surface area contributed by atoms with E-state index in [-0.39, 0.29) is 19.0 Å². The maximum absolute atomic E-state index is 11.7. The lowest BCUT2D eigenvalue weighted by molar-refractivity contribution is -0.144. The van der Waals surface area contributed by atoms with Gasteiger partial charge in [0.15, 0.2) is 0 Å². The van der Waals surface area contributed by atoms with Gasteiger partial charge in [-0.25, -0.2) is 0 Å². The number of esters is 1. The minimum Gasteiger partial charge on any atom is -0.461 e. The minimum absolute atomic E-state index is 0.240. The highest BCUT2D eigenvalue weighted by atomic mass is 35.5. The van der Waals surface area contributed by atoms with Crippen LogP contribution in [0.3, 0.4) is 0 Å². The van der Waals surface area contributed by atoms with E-state index >= 15 is 0 Å². The van der Waals surface area contributed by atoms with Gasteiger partial charge < -0.3 is 4.74 Å². The van der Waals surface area contributed by atoms with E-state index in [4.69, 9.17) is 16.3 Å². The maximum atomic E-state index is 11.7. The topological polar surface area (TPSA) is 26.3 Å². The first-order valence-electron chi connectivity index (χ1n) is 5.81. The van der Waals surface area contributed by atoms with E-state index in [0.717, 1.165) is 16.0 Å². The average Bonchev–Trinajstić information content (AvgIpc) is 2.39. The Bertz CT molecular complexity index is 567. The predicted molar refractivity (Wildman–Crippen MR) is 78.6 cm³/mol. The number of hydrogen-bond acceptors (Lipinski definition) is 3. The van der Waals surface area contributed by atoms with Crippen molar-refractivity contribution >= 4 is 30.2 Å². The van der Waals surface area contributed by atoms with Gasteiger partial charge >= 0.3 is 5.97 Å². The molecule has 0 aliphatic rings. The van der Waals surface area contributed by atoms with Gasteiger partial charge in [-0.05, 0) is 35.4 Å². The first-order valence-corrected chi connectivity index (χ1v) is 6.64. The SMILES string of the molecule is O=C(Cc1ccc(S)cc1)OCc1cccc(Cl)c1. The molecule has 0 aromatic heterocycles. The lowest BCUT2D eigenvalue weighted by atomic mass is 10.1. The van der Waals surface area contributed by atoms with Crippen LogP contribution < -0.4 is 0 Å². The van der Waals surface area contributed by atoms with Crippen molar-refractivity contribution in [1.29, 1.82) is 0 Å². The quantitative estimate of drug-likeness (QED) is 0.683. The first-order chi connectivity index (χ1) is 9.13. The molecule has 0 amide bonds. The van der Waals surface area contributed by atoms with Crippen LogP contribution in [0.5, 0.6) is 0 Å². The molecule has 0 bridgehead atoms.